The highest BCUT2D eigenvalue weighted by molar-refractivity contribution is 6.02. The number of rotatable bonds is 5. The van der Waals surface area contributed by atoms with E-state index < -0.39 is 0 Å². The van der Waals surface area contributed by atoms with E-state index in [0.717, 1.165) is 5.75 Å². The number of hydrogen-bond acceptors (Lipinski definition) is 4. The molecule has 0 spiro atoms. The number of nitrogens with zero attached hydrogens (tertiary/aromatic N) is 1. The number of ether oxygens (including phenoxy) is 1. The Labute approximate surface area is 127 Å². The summed E-state index contributed by atoms with van der Waals surface area (Å²) in [6, 6.07) is 16.3. The van der Waals surface area contributed by atoms with Gasteiger partial charge in [-0.1, -0.05) is 18.2 Å². The van der Waals surface area contributed by atoms with Crippen LogP contribution in [0.3, 0.4) is 0 Å². The van der Waals surface area contributed by atoms with E-state index in [2.05, 4.69) is 10.3 Å². The average molecular weight is 294 g/mol. The Morgan fingerprint density at radius 2 is 1.95 bits per heavy atom. The van der Waals surface area contributed by atoms with Crippen molar-refractivity contribution in [2.75, 3.05) is 5.32 Å². The van der Waals surface area contributed by atoms with E-state index in [1.165, 1.54) is 0 Å². The number of furan rings is 1. The number of pyridine rings is 1. The summed E-state index contributed by atoms with van der Waals surface area (Å²) in [5, 5.41) is 2.71. The topological polar surface area (TPSA) is 64.4 Å². The smallest absolute Gasteiger partial charge is 0.291 e. The van der Waals surface area contributed by atoms with Gasteiger partial charge in [0.1, 0.15) is 18.1 Å². The third-order valence-corrected chi connectivity index (χ3v) is 2.93. The molecule has 0 saturated carbocycles. The molecule has 0 aliphatic heterocycles. The molecule has 3 rings (SSSR count). The van der Waals surface area contributed by atoms with Crippen molar-refractivity contribution in [2.45, 2.75) is 6.61 Å². The number of amides is 1. The van der Waals surface area contributed by atoms with E-state index >= 15 is 0 Å². The summed E-state index contributed by atoms with van der Waals surface area (Å²) >= 11 is 0. The lowest BCUT2D eigenvalue weighted by Gasteiger charge is -2.03. The van der Waals surface area contributed by atoms with Crippen LogP contribution in [0.2, 0.25) is 0 Å². The first-order valence-corrected chi connectivity index (χ1v) is 6.79. The maximum atomic E-state index is 12.0. The minimum atomic E-state index is -0.320. The lowest BCUT2D eigenvalue weighted by molar-refractivity contribution is 0.0992. The molecule has 0 saturated heterocycles. The fraction of sp³-hybridized carbons (Fsp3) is 0.0588. The van der Waals surface area contributed by atoms with Crippen LogP contribution in [0, 0.1) is 0 Å². The van der Waals surface area contributed by atoms with Crippen LogP contribution < -0.4 is 10.1 Å². The van der Waals surface area contributed by atoms with Gasteiger partial charge in [-0.25, -0.2) is 0 Å². The molecule has 2 aromatic heterocycles. The molecule has 1 amide bonds. The van der Waals surface area contributed by atoms with Gasteiger partial charge < -0.3 is 14.5 Å². The van der Waals surface area contributed by atoms with Crippen LogP contribution in [-0.2, 0) is 6.61 Å². The molecule has 5 nitrogen and oxygen atoms in total. The monoisotopic (exact) mass is 294 g/mol. The summed E-state index contributed by atoms with van der Waals surface area (Å²) in [6.45, 7) is 0.268. The van der Waals surface area contributed by atoms with Gasteiger partial charge in [0.15, 0.2) is 5.76 Å². The molecule has 1 aromatic carbocycles. The van der Waals surface area contributed by atoms with Crippen molar-refractivity contribution in [3.8, 4) is 5.75 Å². The molecule has 0 atom stereocenters. The Balaban J connectivity index is 1.60. The van der Waals surface area contributed by atoms with Crippen molar-refractivity contribution in [1.29, 1.82) is 0 Å². The van der Waals surface area contributed by atoms with Crippen LogP contribution in [-0.4, -0.2) is 10.9 Å². The predicted molar refractivity (Wildman–Crippen MR) is 81.7 cm³/mol. The van der Waals surface area contributed by atoms with E-state index in [-0.39, 0.29) is 18.3 Å². The van der Waals surface area contributed by atoms with Crippen molar-refractivity contribution >= 4 is 11.6 Å². The summed E-state index contributed by atoms with van der Waals surface area (Å²) in [7, 11) is 0. The largest absolute Gasteiger partial charge is 0.486 e. The number of carbonyl (C=O) groups is 1. The molecule has 0 aliphatic rings. The van der Waals surface area contributed by atoms with E-state index in [9.17, 15) is 4.79 Å². The molecule has 2 heterocycles. The average Bonchev–Trinajstić information content (AvgIpc) is 3.04. The van der Waals surface area contributed by atoms with E-state index in [1.807, 2.05) is 30.3 Å². The van der Waals surface area contributed by atoms with Gasteiger partial charge in [-0.2, -0.15) is 0 Å². The molecule has 1 N–H and O–H groups in total. The van der Waals surface area contributed by atoms with Crippen LogP contribution in [0.5, 0.6) is 5.75 Å². The van der Waals surface area contributed by atoms with Crippen LogP contribution in [0.1, 0.15) is 16.3 Å². The van der Waals surface area contributed by atoms with Gasteiger partial charge in [0.2, 0.25) is 0 Å². The number of hydrogen-bond donors (Lipinski definition) is 1. The first-order valence-electron chi connectivity index (χ1n) is 6.79. The number of anilines is 1. The van der Waals surface area contributed by atoms with Crippen molar-refractivity contribution in [2.24, 2.45) is 0 Å². The van der Waals surface area contributed by atoms with Gasteiger partial charge in [0.05, 0.1) is 11.9 Å². The second-order valence-corrected chi connectivity index (χ2v) is 4.56. The zero-order valence-electron chi connectivity index (χ0n) is 11.7. The standard InChI is InChI=1S/C17H14N2O3/c20-17(19-13-5-4-10-18-11-13)16-9-8-15(22-16)12-21-14-6-2-1-3-7-14/h1-11H,12H2,(H,19,20). The summed E-state index contributed by atoms with van der Waals surface area (Å²) in [5.41, 5.74) is 0.617. The predicted octanol–water partition coefficient (Wildman–Crippen LogP) is 3.51. The van der Waals surface area contributed by atoms with Crippen molar-refractivity contribution in [1.82, 2.24) is 4.98 Å². The van der Waals surface area contributed by atoms with Crippen molar-refractivity contribution in [3.63, 3.8) is 0 Å². The van der Waals surface area contributed by atoms with Crippen LogP contribution in [0.15, 0.2) is 71.4 Å². The molecule has 0 aliphatic carbocycles. The molecule has 110 valence electrons. The summed E-state index contributed by atoms with van der Waals surface area (Å²) in [4.78, 5) is 16.0. The van der Waals surface area contributed by atoms with Crippen LogP contribution in [0.25, 0.3) is 0 Å². The zero-order valence-corrected chi connectivity index (χ0v) is 11.7. The van der Waals surface area contributed by atoms with Gasteiger partial charge in [0, 0.05) is 6.20 Å². The summed E-state index contributed by atoms with van der Waals surface area (Å²) < 4.78 is 11.0. The minimum Gasteiger partial charge on any atom is -0.486 e. The minimum absolute atomic E-state index is 0.232. The molecule has 0 bridgehead atoms. The Bertz CT molecular complexity index is 739. The number of carbonyl (C=O) groups excluding carboxylic acids is 1. The number of benzene rings is 1. The molecule has 22 heavy (non-hydrogen) atoms. The fourth-order valence-corrected chi connectivity index (χ4v) is 1.88. The third-order valence-electron chi connectivity index (χ3n) is 2.93. The Morgan fingerprint density at radius 1 is 1.09 bits per heavy atom. The van der Waals surface area contributed by atoms with Gasteiger partial charge in [-0.3, -0.25) is 9.78 Å². The van der Waals surface area contributed by atoms with Crippen molar-refractivity contribution < 1.29 is 13.9 Å². The van der Waals surface area contributed by atoms with E-state index in [4.69, 9.17) is 9.15 Å². The van der Waals surface area contributed by atoms with Crippen LogP contribution >= 0.6 is 0 Å². The van der Waals surface area contributed by atoms with Gasteiger partial charge in [-0.15, -0.1) is 0 Å². The van der Waals surface area contributed by atoms with E-state index in [1.54, 1.807) is 36.7 Å². The molecule has 3 aromatic rings. The molecular formula is C17H14N2O3. The highest BCUT2D eigenvalue weighted by Crippen LogP contribution is 2.15. The van der Waals surface area contributed by atoms with E-state index in [0.29, 0.717) is 11.4 Å². The Morgan fingerprint density at radius 3 is 2.73 bits per heavy atom. The summed E-state index contributed by atoms with van der Waals surface area (Å²) in [5.74, 6) is 1.25. The number of para-hydroxylation sites is 1. The lowest BCUT2D eigenvalue weighted by atomic mass is 10.3. The first kappa shape index (κ1) is 13.9. The lowest BCUT2D eigenvalue weighted by Crippen LogP contribution is -2.10. The molecule has 0 fully saturated rings. The molecule has 5 heteroatoms. The zero-order chi connectivity index (χ0) is 15.2. The maximum Gasteiger partial charge on any atom is 0.291 e. The SMILES string of the molecule is O=C(Nc1cccnc1)c1ccc(COc2ccccc2)o1. The second kappa shape index (κ2) is 6.58. The van der Waals surface area contributed by atoms with Gasteiger partial charge in [0.25, 0.3) is 5.91 Å². The highest BCUT2D eigenvalue weighted by Gasteiger charge is 2.11. The van der Waals surface area contributed by atoms with Crippen LogP contribution in [0.4, 0.5) is 5.69 Å². The highest BCUT2D eigenvalue weighted by atomic mass is 16.5. The van der Waals surface area contributed by atoms with Crippen molar-refractivity contribution in [3.05, 3.63) is 78.5 Å². The number of aromatic nitrogens is 1. The molecular weight excluding hydrogens is 280 g/mol. The quantitative estimate of drug-likeness (QED) is 0.782. The maximum absolute atomic E-state index is 12.0. The first-order chi connectivity index (χ1) is 10.8. The Kier molecular flexibility index (Phi) is 4.15. The fourth-order valence-electron chi connectivity index (χ4n) is 1.88. The summed E-state index contributed by atoms with van der Waals surface area (Å²) in [6.07, 6.45) is 3.21. The normalized spacial score (nSPS) is 10.2. The second-order valence-electron chi connectivity index (χ2n) is 4.56. The van der Waals surface area contributed by atoms with Gasteiger partial charge >= 0.3 is 0 Å². The molecule has 0 unspecified atom stereocenters. The molecule has 0 radical (unpaired) electrons. The van der Waals surface area contributed by atoms with Gasteiger partial charge in [-0.05, 0) is 36.4 Å². The Hall–Kier alpha value is -3.08. The number of nitrogens with one attached hydrogen (secondary N) is 1. The third kappa shape index (κ3) is 3.52.